The van der Waals surface area contributed by atoms with Crippen LogP contribution in [0.25, 0.3) is 0 Å². The van der Waals surface area contributed by atoms with Crippen molar-refractivity contribution in [3.05, 3.63) is 250 Å². The summed E-state index contributed by atoms with van der Waals surface area (Å²) in [5, 5.41) is 19.0. The van der Waals surface area contributed by atoms with Gasteiger partial charge in [0.2, 0.25) is 0 Å². The van der Waals surface area contributed by atoms with Crippen molar-refractivity contribution in [2.24, 2.45) is 0 Å². The molecule has 10 nitrogen and oxygen atoms in total. The summed E-state index contributed by atoms with van der Waals surface area (Å²) < 4.78 is 17.8. The summed E-state index contributed by atoms with van der Waals surface area (Å²) in [6, 6.07) is 60.2. The van der Waals surface area contributed by atoms with E-state index >= 15 is 0 Å². The van der Waals surface area contributed by atoms with E-state index in [0.29, 0.717) is 35.2 Å². The van der Waals surface area contributed by atoms with Crippen molar-refractivity contribution in [1.82, 2.24) is 0 Å². The molecular formula is C57H48O10. The fourth-order valence-electron chi connectivity index (χ4n) is 7.63. The Bertz CT molecular complexity index is 2900. The molecule has 10 heteroatoms. The number of ether oxygens (including phenoxy) is 3. The van der Waals surface area contributed by atoms with Crippen LogP contribution in [0.2, 0.25) is 0 Å². The molecule has 0 aliphatic carbocycles. The standard InChI is InChI=1S/C57H48O10/c1-57(2,45-16-20-47(21-17-45)64-49-24-26-51(27-25-49)66-56(60)53-32-14-42(36-54(53)55(58)59)34-40-11-7-4-8-12-40)46-18-22-48(23-19-46)65-50-28-30-52(31-29-50)67-63-38-43-15-13-41(35-44(43)37-62-61)33-39-9-5-3-6-10-39/h3-32,35-36,61H,33-34,37-38H2,1-2H3,(H,58,59). The molecule has 0 bridgehead atoms. The van der Waals surface area contributed by atoms with Gasteiger partial charge in [0.1, 0.15) is 42.0 Å². The fraction of sp³-hybridized carbons (Fsp3) is 0.123. The van der Waals surface area contributed by atoms with Gasteiger partial charge in [0.25, 0.3) is 0 Å². The highest BCUT2D eigenvalue weighted by Crippen LogP contribution is 2.35. The third kappa shape index (κ3) is 12.0. The first kappa shape index (κ1) is 45.5. The Morgan fingerprint density at radius 2 is 0.925 bits per heavy atom. The predicted molar refractivity (Wildman–Crippen MR) is 254 cm³/mol. The molecule has 0 aliphatic rings. The lowest BCUT2D eigenvalue weighted by molar-refractivity contribution is -0.253. The third-order valence-electron chi connectivity index (χ3n) is 11.4. The van der Waals surface area contributed by atoms with E-state index in [1.54, 1.807) is 54.6 Å². The zero-order valence-corrected chi connectivity index (χ0v) is 37.0. The third-order valence-corrected chi connectivity index (χ3v) is 11.4. The average Bonchev–Trinajstić information content (AvgIpc) is 3.34. The Kier molecular flexibility index (Phi) is 14.5. The molecule has 0 atom stereocenters. The lowest BCUT2D eigenvalue weighted by Crippen LogP contribution is -2.18. The minimum Gasteiger partial charge on any atom is -0.478 e. The predicted octanol–water partition coefficient (Wildman–Crippen LogP) is 13.2. The Hall–Kier alpha value is -8.02. The molecule has 0 spiro atoms. The van der Waals surface area contributed by atoms with Crippen LogP contribution >= 0.6 is 0 Å². The van der Waals surface area contributed by atoms with Gasteiger partial charge in [-0.2, -0.15) is 4.89 Å². The Morgan fingerprint density at radius 1 is 0.463 bits per heavy atom. The number of benzene rings is 8. The van der Waals surface area contributed by atoms with Gasteiger partial charge in [-0.1, -0.05) is 123 Å². The van der Waals surface area contributed by atoms with Crippen LogP contribution in [0.15, 0.2) is 194 Å². The molecule has 67 heavy (non-hydrogen) atoms. The first-order valence-electron chi connectivity index (χ1n) is 21.7. The molecule has 0 unspecified atom stereocenters. The maximum atomic E-state index is 13.1. The van der Waals surface area contributed by atoms with Gasteiger partial charge in [-0.25, -0.2) is 14.5 Å². The zero-order chi connectivity index (χ0) is 46.6. The normalized spacial score (nSPS) is 11.1. The second kappa shape index (κ2) is 21.3. The number of hydrogen-bond acceptors (Lipinski definition) is 9. The van der Waals surface area contributed by atoms with Crippen LogP contribution in [0.5, 0.6) is 34.5 Å². The van der Waals surface area contributed by atoms with Crippen molar-refractivity contribution in [1.29, 1.82) is 0 Å². The van der Waals surface area contributed by atoms with Gasteiger partial charge >= 0.3 is 11.9 Å². The van der Waals surface area contributed by atoms with E-state index in [4.69, 9.17) is 24.0 Å². The van der Waals surface area contributed by atoms with E-state index in [2.05, 4.69) is 30.9 Å². The number of carbonyl (C=O) groups is 2. The first-order chi connectivity index (χ1) is 32.6. The summed E-state index contributed by atoms with van der Waals surface area (Å²) in [7, 11) is 0. The largest absolute Gasteiger partial charge is 0.478 e. The lowest BCUT2D eigenvalue weighted by Gasteiger charge is -2.26. The highest BCUT2D eigenvalue weighted by atomic mass is 17.2. The molecule has 8 rings (SSSR count). The van der Waals surface area contributed by atoms with Gasteiger partial charge in [0, 0.05) is 5.41 Å². The van der Waals surface area contributed by atoms with Crippen molar-refractivity contribution in [3.8, 4) is 34.5 Å². The van der Waals surface area contributed by atoms with Gasteiger partial charge in [-0.15, -0.1) is 0 Å². The lowest BCUT2D eigenvalue weighted by atomic mass is 9.78. The molecule has 0 heterocycles. The summed E-state index contributed by atoms with van der Waals surface area (Å²) >= 11 is 0. The molecule has 0 saturated heterocycles. The summed E-state index contributed by atoms with van der Waals surface area (Å²) in [6.07, 6.45) is 1.30. The Balaban J connectivity index is 0.809. The minimum absolute atomic E-state index is 0.0299. The molecule has 0 aromatic heterocycles. The molecule has 0 saturated carbocycles. The molecule has 2 N–H and O–H groups in total. The number of carbonyl (C=O) groups excluding carboxylic acids is 1. The van der Waals surface area contributed by atoms with Crippen LogP contribution < -0.4 is 19.1 Å². The molecule has 8 aromatic carbocycles. The average molecular weight is 893 g/mol. The second-order valence-electron chi connectivity index (χ2n) is 16.4. The van der Waals surface area contributed by atoms with Crippen LogP contribution in [0.3, 0.4) is 0 Å². The molecule has 0 fully saturated rings. The molecule has 336 valence electrons. The Morgan fingerprint density at radius 3 is 1.43 bits per heavy atom. The highest BCUT2D eigenvalue weighted by molar-refractivity contribution is 6.03. The number of rotatable bonds is 19. The van der Waals surface area contributed by atoms with Crippen molar-refractivity contribution in [3.63, 3.8) is 0 Å². The summed E-state index contributed by atoms with van der Waals surface area (Å²) in [5.74, 6) is 1.28. The van der Waals surface area contributed by atoms with Crippen molar-refractivity contribution >= 4 is 11.9 Å². The SMILES string of the molecule is CC(C)(c1ccc(Oc2ccc(OOCc3ccc(Cc4ccccc4)cc3COO)cc2)cc1)c1ccc(Oc2ccc(OC(=O)c3ccc(Cc4ccccc4)cc3C(=O)O)cc2)cc1. The topological polar surface area (TPSA) is 130 Å². The molecule has 0 aliphatic heterocycles. The molecule has 0 amide bonds. The fourth-order valence-corrected chi connectivity index (χ4v) is 7.63. The summed E-state index contributed by atoms with van der Waals surface area (Å²) in [4.78, 5) is 40.7. The monoisotopic (exact) mass is 892 g/mol. The van der Waals surface area contributed by atoms with Gasteiger partial charge in [0.05, 0.1) is 11.1 Å². The van der Waals surface area contributed by atoms with Gasteiger partial charge in [0.15, 0.2) is 5.75 Å². The maximum Gasteiger partial charge on any atom is 0.344 e. The number of hydrogen-bond donors (Lipinski definition) is 2. The molecular weight excluding hydrogens is 845 g/mol. The number of esters is 1. The van der Waals surface area contributed by atoms with Crippen molar-refractivity contribution in [2.45, 2.75) is 45.3 Å². The van der Waals surface area contributed by atoms with Crippen molar-refractivity contribution in [2.75, 3.05) is 0 Å². The van der Waals surface area contributed by atoms with E-state index in [-0.39, 0.29) is 35.5 Å². The highest BCUT2D eigenvalue weighted by Gasteiger charge is 2.24. The smallest absolute Gasteiger partial charge is 0.344 e. The summed E-state index contributed by atoms with van der Waals surface area (Å²) in [5.41, 5.74) is 7.45. The van der Waals surface area contributed by atoms with Crippen LogP contribution in [-0.4, -0.2) is 22.3 Å². The van der Waals surface area contributed by atoms with Crippen LogP contribution in [-0.2, 0) is 41.2 Å². The Labute approximate surface area is 389 Å². The van der Waals surface area contributed by atoms with E-state index in [1.165, 1.54) is 17.7 Å². The molecule has 8 aromatic rings. The van der Waals surface area contributed by atoms with E-state index in [0.717, 1.165) is 45.4 Å². The number of carboxylic acids is 1. The van der Waals surface area contributed by atoms with Gasteiger partial charge in [-0.05, 0) is 142 Å². The van der Waals surface area contributed by atoms with Crippen LogP contribution in [0.4, 0.5) is 0 Å². The first-order valence-corrected chi connectivity index (χ1v) is 21.7. The van der Waals surface area contributed by atoms with E-state index < -0.39 is 11.9 Å². The maximum absolute atomic E-state index is 13.1. The van der Waals surface area contributed by atoms with E-state index in [1.807, 2.05) is 115 Å². The van der Waals surface area contributed by atoms with E-state index in [9.17, 15) is 20.0 Å². The quantitative estimate of drug-likeness (QED) is 0.0350. The number of carboxylic acid groups (broad SMARTS) is 1. The minimum atomic E-state index is -1.21. The number of aromatic carboxylic acids is 1. The molecule has 0 radical (unpaired) electrons. The van der Waals surface area contributed by atoms with Gasteiger partial charge in [-0.3, -0.25) is 5.26 Å². The van der Waals surface area contributed by atoms with Gasteiger partial charge < -0.3 is 24.2 Å². The second-order valence-corrected chi connectivity index (χ2v) is 16.4. The van der Waals surface area contributed by atoms with Crippen LogP contribution in [0.1, 0.15) is 79.1 Å². The van der Waals surface area contributed by atoms with Crippen molar-refractivity contribution < 1.29 is 48.8 Å². The summed E-state index contributed by atoms with van der Waals surface area (Å²) in [6.45, 7) is 4.50. The van der Waals surface area contributed by atoms with Crippen LogP contribution in [0, 0.1) is 0 Å². The zero-order valence-electron chi connectivity index (χ0n) is 37.0.